The maximum atomic E-state index is 14.9. The van der Waals surface area contributed by atoms with Gasteiger partial charge in [-0.1, -0.05) is 42.5 Å². The van der Waals surface area contributed by atoms with Crippen molar-refractivity contribution in [2.24, 2.45) is 0 Å². The van der Waals surface area contributed by atoms with Crippen LogP contribution >= 0.6 is 0 Å². The molecule has 1 aliphatic carbocycles. The van der Waals surface area contributed by atoms with E-state index in [1.807, 2.05) is 94.4 Å². The molecular weight excluding hydrogens is 813 g/mol. The van der Waals surface area contributed by atoms with Crippen LogP contribution in [0, 0.1) is 13.8 Å². The van der Waals surface area contributed by atoms with E-state index in [2.05, 4.69) is 9.80 Å². The second-order valence-corrected chi connectivity index (χ2v) is 19.5. The summed E-state index contributed by atoms with van der Waals surface area (Å²) < 4.78 is 70.1. The lowest BCUT2D eigenvalue weighted by molar-refractivity contribution is 0.103. The lowest BCUT2D eigenvalue weighted by atomic mass is 10.0. The van der Waals surface area contributed by atoms with Crippen LogP contribution < -0.4 is 19.3 Å². The summed E-state index contributed by atoms with van der Waals surface area (Å²) in [5.74, 6) is 1.29. The predicted octanol–water partition coefficient (Wildman–Crippen LogP) is 6.59. The molecule has 2 aromatic heterocycles. The number of carbonyl (C=O) groups is 1. The number of ketones is 1. The third-order valence-corrected chi connectivity index (χ3v) is 15.8. The van der Waals surface area contributed by atoms with Gasteiger partial charge in [-0.25, -0.2) is 26.8 Å². The minimum absolute atomic E-state index is 0.0727. The number of benzene rings is 4. The van der Waals surface area contributed by atoms with Crippen molar-refractivity contribution in [3.63, 3.8) is 0 Å². The highest BCUT2D eigenvalue weighted by molar-refractivity contribution is 7.89. The highest BCUT2D eigenvalue weighted by atomic mass is 32.2. The van der Waals surface area contributed by atoms with Gasteiger partial charge in [0.25, 0.3) is 0 Å². The van der Waals surface area contributed by atoms with E-state index in [0.29, 0.717) is 89.3 Å². The highest BCUT2D eigenvalue weighted by Crippen LogP contribution is 2.43. The van der Waals surface area contributed by atoms with Crippen molar-refractivity contribution in [2.45, 2.75) is 56.0 Å². The lowest BCUT2D eigenvalue weighted by Gasteiger charge is -2.36. The maximum absolute atomic E-state index is 14.9. The second kappa shape index (κ2) is 16.0. The molecule has 6 aromatic rings. The fraction of sp³-hybridized carbons (Fsp3) is 0.326. The fourth-order valence-corrected chi connectivity index (χ4v) is 12.1. The van der Waals surface area contributed by atoms with Gasteiger partial charge in [-0.2, -0.15) is 8.61 Å². The molecule has 316 valence electrons. The zero-order chi connectivity index (χ0) is 42.6. The Labute approximate surface area is 356 Å². The number of carbonyl (C=O) groups excluding carboxylic acids is 1. The first-order chi connectivity index (χ1) is 29.4. The SMILES string of the molecule is CCOc1ccc(S(=O)(=O)N2CCN(c3ccc4cccc(C(=O)c5nc6ccccc6cc5N5CCN(S(=O)(=O)c6cc(C)ccc6C)CC5)c4n3)C3CC32)cc1OCC. The number of piperazine rings is 2. The van der Waals surface area contributed by atoms with Gasteiger partial charge in [0.1, 0.15) is 11.5 Å². The zero-order valence-electron chi connectivity index (χ0n) is 34.6. The Morgan fingerprint density at radius 2 is 1.46 bits per heavy atom. The fourth-order valence-electron chi connectivity index (χ4n) is 8.68. The number of aromatic nitrogens is 2. The normalized spacial score (nSPS) is 18.6. The van der Waals surface area contributed by atoms with Gasteiger partial charge in [-0.05, 0) is 93.8 Å². The summed E-state index contributed by atoms with van der Waals surface area (Å²) in [6, 6.07) is 29.0. The van der Waals surface area contributed by atoms with Crippen molar-refractivity contribution in [1.82, 2.24) is 18.6 Å². The van der Waals surface area contributed by atoms with E-state index >= 15 is 0 Å². The monoisotopic (exact) mass is 860 g/mol. The molecule has 3 aliphatic rings. The van der Waals surface area contributed by atoms with E-state index in [9.17, 15) is 21.6 Å². The third kappa shape index (κ3) is 7.47. The Hall–Kier alpha value is -5.61. The Balaban J connectivity index is 0.988. The van der Waals surface area contributed by atoms with E-state index in [1.54, 1.807) is 34.6 Å². The quantitative estimate of drug-likeness (QED) is 0.123. The van der Waals surface area contributed by atoms with Crippen molar-refractivity contribution in [3.8, 4) is 11.5 Å². The first-order valence-electron chi connectivity index (χ1n) is 20.7. The Bertz CT molecular complexity index is 2920. The van der Waals surface area contributed by atoms with Gasteiger partial charge in [0.05, 0.1) is 45.3 Å². The second-order valence-electron chi connectivity index (χ2n) is 15.7. The summed E-state index contributed by atoms with van der Waals surface area (Å²) in [4.78, 5) is 29.6. The van der Waals surface area contributed by atoms with Crippen LogP contribution in [0.25, 0.3) is 21.8 Å². The summed E-state index contributed by atoms with van der Waals surface area (Å²) in [5, 5.41) is 1.66. The van der Waals surface area contributed by atoms with E-state index in [-0.39, 0.29) is 48.1 Å². The number of nitrogens with zero attached hydrogens (tertiary/aromatic N) is 6. The van der Waals surface area contributed by atoms with Gasteiger partial charge in [-0.3, -0.25) is 4.79 Å². The molecule has 0 N–H and O–H groups in total. The van der Waals surface area contributed by atoms with Crippen molar-refractivity contribution in [3.05, 3.63) is 119 Å². The van der Waals surface area contributed by atoms with Crippen molar-refractivity contribution in [1.29, 1.82) is 0 Å². The number of sulfonamides is 2. The van der Waals surface area contributed by atoms with Crippen LogP contribution in [0.15, 0.2) is 107 Å². The van der Waals surface area contributed by atoms with Crippen LogP contribution in [0.5, 0.6) is 11.5 Å². The van der Waals surface area contributed by atoms with Crippen molar-refractivity contribution in [2.75, 3.05) is 62.3 Å². The molecule has 15 heteroatoms. The molecule has 4 heterocycles. The molecule has 0 amide bonds. The summed E-state index contributed by atoms with van der Waals surface area (Å²) in [5.41, 5.74) is 4.09. The summed E-state index contributed by atoms with van der Waals surface area (Å²) >= 11 is 0. The van der Waals surface area contributed by atoms with Crippen LogP contribution in [0.4, 0.5) is 11.5 Å². The molecule has 9 rings (SSSR count). The van der Waals surface area contributed by atoms with Crippen LogP contribution in [0.1, 0.15) is 47.4 Å². The Kier molecular flexibility index (Phi) is 10.7. The van der Waals surface area contributed by atoms with Gasteiger partial charge in [0.15, 0.2) is 11.5 Å². The number of hydrogen-bond donors (Lipinski definition) is 0. The molecule has 2 saturated heterocycles. The largest absolute Gasteiger partial charge is 0.490 e. The molecule has 2 unspecified atom stereocenters. The first kappa shape index (κ1) is 40.8. The van der Waals surface area contributed by atoms with E-state index in [1.165, 1.54) is 4.31 Å². The summed E-state index contributed by atoms with van der Waals surface area (Å²) in [6.07, 6.45) is 0.651. The maximum Gasteiger partial charge on any atom is 0.243 e. The minimum atomic E-state index is -3.82. The number of ether oxygens (including phenoxy) is 2. The van der Waals surface area contributed by atoms with Gasteiger partial charge in [0.2, 0.25) is 25.8 Å². The predicted molar refractivity (Wildman–Crippen MR) is 236 cm³/mol. The molecule has 0 bridgehead atoms. The molecule has 2 atom stereocenters. The molecule has 1 saturated carbocycles. The summed E-state index contributed by atoms with van der Waals surface area (Å²) in [7, 11) is -7.55. The average Bonchev–Trinajstić information content (AvgIpc) is 4.08. The molecule has 0 radical (unpaired) electrons. The minimum Gasteiger partial charge on any atom is -0.490 e. The zero-order valence-corrected chi connectivity index (χ0v) is 36.2. The van der Waals surface area contributed by atoms with Crippen molar-refractivity contribution < 1.29 is 31.1 Å². The third-order valence-electron chi connectivity index (χ3n) is 11.9. The molecule has 61 heavy (non-hydrogen) atoms. The van der Waals surface area contributed by atoms with Gasteiger partial charge < -0.3 is 19.3 Å². The van der Waals surface area contributed by atoms with Gasteiger partial charge in [0, 0.05) is 68.2 Å². The van der Waals surface area contributed by atoms with Crippen LogP contribution in [-0.2, 0) is 20.0 Å². The van der Waals surface area contributed by atoms with Crippen LogP contribution in [-0.4, -0.2) is 106 Å². The molecule has 4 aromatic carbocycles. The lowest BCUT2D eigenvalue weighted by Crippen LogP contribution is -2.49. The number of fused-ring (bicyclic) bond motifs is 3. The van der Waals surface area contributed by atoms with E-state index < -0.39 is 20.0 Å². The number of pyridine rings is 2. The topological polar surface area (TPSA) is 143 Å². The first-order valence-corrected chi connectivity index (χ1v) is 23.6. The molecule has 3 fully saturated rings. The molecule has 0 spiro atoms. The Morgan fingerprint density at radius 1 is 0.705 bits per heavy atom. The number of para-hydroxylation sites is 2. The highest BCUT2D eigenvalue weighted by Gasteiger charge is 2.53. The number of aryl methyl sites for hydroxylation is 2. The van der Waals surface area contributed by atoms with Crippen LogP contribution in [0.3, 0.4) is 0 Å². The van der Waals surface area contributed by atoms with Crippen LogP contribution in [0.2, 0.25) is 0 Å². The van der Waals surface area contributed by atoms with E-state index in [4.69, 9.17) is 19.4 Å². The molecule has 2 aliphatic heterocycles. The summed E-state index contributed by atoms with van der Waals surface area (Å²) in [6.45, 7) is 10.2. The standard InChI is InChI=1S/C46H48N6O7S2/c1-5-58-40-18-17-34(28-41(40)59-6-2)60(54,55)52-25-24-51(37-29-38(37)52)43-19-16-32-11-9-12-35(44(32)48-43)46(53)45-39(27-33-10-7-8-13-36(33)47-45)49-20-22-50(23-21-49)61(56,57)42-26-30(3)14-15-31(42)4/h7-19,26-28,37-38H,5-6,20-25,29H2,1-4H3. The van der Waals surface area contributed by atoms with Crippen molar-refractivity contribution >= 4 is 59.1 Å². The number of anilines is 2. The number of hydrogen-bond acceptors (Lipinski definition) is 11. The van der Waals surface area contributed by atoms with Gasteiger partial charge >= 0.3 is 0 Å². The molecule has 13 nitrogen and oxygen atoms in total. The Morgan fingerprint density at radius 3 is 2.25 bits per heavy atom. The molecular formula is C46H48N6O7S2. The average molecular weight is 861 g/mol. The number of rotatable bonds is 12. The van der Waals surface area contributed by atoms with E-state index in [0.717, 1.165) is 16.3 Å². The van der Waals surface area contributed by atoms with Gasteiger partial charge in [-0.15, -0.1) is 0 Å². The smallest absolute Gasteiger partial charge is 0.243 e.